The number of ether oxygens (including phenoxy) is 5. The summed E-state index contributed by atoms with van der Waals surface area (Å²) < 4.78 is 64.9. The second-order valence-electron chi connectivity index (χ2n) is 13.0. The Bertz CT molecular complexity index is 1840. The van der Waals surface area contributed by atoms with E-state index in [4.69, 9.17) is 44.8 Å². The minimum absolute atomic E-state index is 0.00767. The first-order valence-electron chi connectivity index (χ1n) is 16.7. The molecule has 21 heteroatoms. The number of carbonyl (C=O) groups excluding carboxylic acids is 4. The number of amides is 1. The third-order valence-corrected chi connectivity index (χ3v) is 9.43. The third kappa shape index (κ3) is 13.9. The number of nitrogens with two attached hydrogens (primary N) is 1. The van der Waals surface area contributed by atoms with Crippen LogP contribution in [0.1, 0.15) is 42.5 Å². The molecular formula is C33H43ClN6O12S2. The molecule has 3 aromatic rings. The van der Waals surface area contributed by atoms with Crippen LogP contribution in [-0.2, 0) is 56.2 Å². The second kappa shape index (κ2) is 19.9. The number of primary sulfonamides is 1. The Labute approximate surface area is 321 Å². The van der Waals surface area contributed by atoms with E-state index in [0.29, 0.717) is 55.7 Å². The summed E-state index contributed by atoms with van der Waals surface area (Å²) in [5.74, 6) is -1.66. The van der Waals surface area contributed by atoms with Gasteiger partial charge in [-0.15, -0.1) is 4.37 Å². The zero-order valence-electron chi connectivity index (χ0n) is 30.0. The highest BCUT2D eigenvalue weighted by molar-refractivity contribution is 7.89. The van der Waals surface area contributed by atoms with Gasteiger partial charge in [-0.1, -0.05) is 11.6 Å². The minimum Gasteiger partial charge on any atom is -0.470 e. The molecular weight excluding hydrogens is 772 g/mol. The number of rotatable bonds is 20. The van der Waals surface area contributed by atoms with E-state index in [2.05, 4.69) is 19.4 Å². The lowest BCUT2D eigenvalue weighted by atomic mass is 9.99. The number of benzene rings is 1. The third-order valence-electron chi connectivity index (χ3n) is 7.55. The molecule has 1 aliphatic heterocycles. The van der Waals surface area contributed by atoms with Crippen LogP contribution in [-0.4, -0.2) is 118 Å². The van der Waals surface area contributed by atoms with Gasteiger partial charge in [-0.05, 0) is 57.0 Å². The van der Waals surface area contributed by atoms with E-state index in [9.17, 15) is 27.6 Å². The molecule has 0 spiro atoms. The van der Waals surface area contributed by atoms with Crippen LogP contribution in [0, 0.1) is 0 Å². The van der Waals surface area contributed by atoms with Crippen molar-refractivity contribution in [3.8, 4) is 5.88 Å². The Morgan fingerprint density at radius 3 is 2.52 bits per heavy atom. The monoisotopic (exact) mass is 814 g/mol. The minimum atomic E-state index is -4.25. The molecule has 18 nitrogen and oxygen atoms in total. The van der Waals surface area contributed by atoms with Crippen LogP contribution < -0.4 is 25.4 Å². The number of halogens is 1. The number of aromatic nitrogens is 2. The van der Waals surface area contributed by atoms with Crippen molar-refractivity contribution in [1.29, 1.82) is 0 Å². The number of morpholine rings is 1. The van der Waals surface area contributed by atoms with Crippen LogP contribution in [0.5, 0.6) is 5.88 Å². The van der Waals surface area contributed by atoms with Crippen molar-refractivity contribution >= 4 is 62.8 Å². The number of sulfonamides is 1. The van der Waals surface area contributed by atoms with Crippen LogP contribution in [0.2, 0.25) is 5.02 Å². The summed E-state index contributed by atoms with van der Waals surface area (Å²) >= 11 is 7.15. The number of esters is 2. The normalized spacial score (nSPS) is 14.0. The van der Waals surface area contributed by atoms with Gasteiger partial charge in [0.2, 0.25) is 21.7 Å². The smallest absolute Gasteiger partial charge is 0.344 e. The quantitative estimate of drug-likeness (QED) is 0.108. The maximum atomic E-state index is 13.1. The Kier molecular flexibility index (Phi) is 15.7. The molecule has 1 aliphatic rings. The van der Waals surface area contributed by atoms with Gasteiger partial charge in [0.1, 0.15) is 43.1 Å². The van der Waals surface area contributed by atoms with E-state index in [1.54, 1.807) is 12.1 Å². The molecule has 1 aromatic carbocycles. The van der Waals surface area contributed by atoms with Gasteiger partial charge in [-0.2, -0.15) is 4.37 Å². The number of hydrogen-bond acceptors (Lipinski definition) is 17. The number of Topliss-reactive ketones (excluding diaryl/α,β-unsaturated/α-hetero) is 1. The van der Waals surface area contributed by atoms with Crippen LogP contribution in [0.25, 0.3) is 0 Å². The number of hydrogen-bond donors (Lipinski definition) is 3. The Balaban J connectivity index is 1.21. The number of furan rings is 1. The van der Waals surface area contributed by atoms with E-state index in [1.807, 2.05) is 25.7 Å². The summed E-state index contributed by atoms with van der Waals surface area (Å²) in [5, 5.41) is 10.6. The van der Waals surface area contributed by atoms with Crippen molar-refractivity contribution in [1.82, 2.24) is 19.4 Å². The maximum Gasteiger partial charge on any atom is 0.344 e. The molecule has 1 amide bonds. The average molecular weight is 815 g/mol. The van der Waals surface area contributed by atoms with Gasteiger partial charge in [0.15, 0.2) is 12.4 Å². The molecule has 0 unspecified atom stereocenters. The summed E-state index contributed by atoms with van der Waals surface area (Å²) in [6.07, 6.45) is 1.38. The summed E-state index contributed by atoms with van der Waals surface area (Å²) in [5.41, 5.74) is 0.110. The Hall–Kier alpha value is -4.18. The van der Waals surface area contributed by atoms with Gasteiger partial charge in [-0.3, -0.25) is 14.4 Å². The van der Waals surface area contributed by atoms with Gasteiger partial charge in [0.05, 0.1) is 36.2 Å². The Morgan fingerprint density at radius 2 is 1.83 bits per heavy atom. The fourth-order valence-electron chi connectivity index (χ4n) is 4.90. The molecule has 296 valence electrons. The molecule has 1 fully saturated rings. The van der Waals surface area contributed by atoms with Crippen LogP contribution in [0.4, 0.5) is 5.82 Å². The predicted molar refractivity (Wildman–Crippen MR) is 194 cm³/mol. The number of carbonyl (C=O) groups is 4. The molecule has 1 saturated heterocycles. The molecule has 2 aromatic heterocycles. The lowest BCUT2D eigenvalue weighted by molar-refractivity contribution is -0.163. The molecule has 0 aliphatic carbocycles. The van der Waals surface area contributed by atoms with Crippen molar-refractivity contribution < 1.29 is 55.7 Å². The van der Waals surface area contributed by atoms with E-state index in [0.717, 1.165) is 17.8 Å². The molecule has 0 bridgehead atoms. The van der Waals surface area contributed by atoms with Gasteiger partial charge < -0.3 is 43.6 Å². The largest absolute Gasteiger partial charge is 0.470 e. The van der Waals surface area contributed by atoms with E-state index < -0.39 is 71.0 Å². The SMILES string of the molecule is CC(C)(C)NC[C@@H](COc1nsnc1N1CCOCC1)OC(=O)COC(=O)CNC(=O)COCC(=O)c1cc(S(N)(=O)=O)c(Cl)cc1CCc1ccco1. The number of anilines is 1. The number of ketones is 1. The molecule has 4 N–H and O–H groups in total. The van der Waals surface area contributed by atoms with Crippen molar-refractivity contribution in [2.75, 3.05) is 70.7 Å². The fourth-order valence-corrected chi connectivity index (χ4v) is 6.54. The lowest BCUT2D eigenvalue weighted by Crippen LogP contribution is -2.44. The summed E-state index contributed by atoms with van der Waals surface area (Å²) in [6, 6.07) is 5.86. The van der Waals surface area contributed by atoms with Crippen LogP contribution >= 0.6 is 23.3 Å². The van der Waals surface area contributed by atoms with Crippen molar-refractivity contribution in [2.24, 2.45) is 5.14 Å². The summed E-state index contributed by atoms with van der Waals surface area (Å²) in [6.45, 7) is 5.82. The van der Waals surface area contributed by atoms with Gasteiger partial charge >= 0.3 is 11.9 Å². The first-order valence-corrected chi connectivity index (χ1v) is 19.4. The van der Waals surface area contributed by atoms with Gasteiger partial charge in [-0.25, -0.2) is 18.4 Å². The summed E-state index contributed by atoms with van der Waals surface area (Å²) in [7, 11) is -4.25. The van der Waals surface area contributed by atoms with Crippen LogP contribution in [0.3, 0.4) is 0 Å². The van der Waals surface area contributed by atoms with E-state index >= 15 is 0 Å². The van der Waals surface area contributed by atoms with Gasteiger partial charge in [0.25, 0.3) is 5.88 Å². The first kappa shape index (κ1) is 42.6. The molecule has 0 radical (unpaired) electrons. The topological polar surface area (TPSA) is 241 Å². The zero-order valence-corrected chi connectivity index (χ0v) is 32.4. The molecule has 3 heterocycles. The van der Waals surface area contributed by atoms with Crippen molar-refractivity contribution in [3.63, 3.8) is 0 Å². The zero-order chi connectivity index (χ0) is 39.3. The highest BCUT2D eigenvalue weighted by Crippen LogP contribution is 2.28. The average Bonchev–Trinajstić information content (AvgIpc) is 3.82. The predicted octanol–water partition coefficient (Wildman–Crippen LogP) is 1.29. The summed E-state index contributed by atoms with van der Waals surface area (Å²) in [4.78, 5) is 51.8. The molecule has 54 heavy (non-hydrogen) atoms. The van der Waals surface area contributed by atoms with Gasteiger partial charge in [0, 0.05) is 37.2 Å². The van der Waals surface area contributed by atoms with E-state index in [-0.39, 0.29) is 35.7 Å². The van der Waals surface area contributed by atoms with E-state index in [1.165, 1.54) is 12.3 Å². The fraction of sp³-hybridized carbons (Fsp3) is 0.515. The highest BCUT2D eigenvalue weighted by atomic mass is 35.5. The first-order chi connectivity index (χ1) is 25.6. The molecule has 4 rings (SSSR count). The lowest BCUT2D eigenvalue weighted by Gasteiger charge is -2.27. The van der Waals surface area contributed by atoms with Crippen LogP contribution in [0.15, 0.2) is 39.8 Å². The number of nitrogens with one attached hydrogen (secondary N) is 2. The second-order valence-corrected chi connectivity index (χ2v) is 15.4. The van der Waals surface area contributed by atoms with Crippen molar-refractivity contribution in [3.05, 3.63) is 52.4 Å². The highest BCUT2D eigenvalue weighted by Gasteiger charge is 2.25. The number of aryl methyl sites for hydroxylation is 2. The van der Waals surface area contributed by atoms with Crippen molar-refractivity contribution in [2.45, 2.75) is 50.2 Å². The molecule has 0 saturated carbocycles. The molecule has 1 atom stereocenters. The standard InChI is InChI=1S/C33H43ClN6O12S2/c1-33(2,3)37-15-23(17-51-32-31(38-53-39-32)40-8-11-47-12-9-40)52-30(44)20-50-29(43)16-36-28(42)19-48-18-26(41)24-14-27(54(35,45)46)25(34)13-21(24)6-7-22-5-4-10-49-22/h4-5,10,13-14,23,37H,6-9,11-12,15-20H2,1-3H3,(H,36,42)(H2,35,45,46)/t23-/m0/s1. The Morgan fingerprint density at radius 1 is 1.07 bits per heavy atom. The number of nitrogens with zero attached hydrogens (tertiary/aromatic N) is 3. The maximum absolute atomic E-state index is 13.1.